The van der Waals surface area contributed by atoms with Gasteiger partial charge in [-0.05, 0) is 58.0 Å². The van der Waals surface area contributed by atoms with Gasteiger partial charge in [0.25, 0.3) is 0 Å². The molecular formula is C33H57N9O14S. The molecule has 57 heavy (non-hydrogen) atoms. The van der Waals surface area contributed by atoms with Crippen molar-refractivity contribution >= 4 is 71.0 Å². The first-order valence-corrected chi connectivity index (χ1v) is 19.2. The number of primary amides is 1. The highest BCUT2D eigenvalue weighted by Gasteiger charge is 2.35. The number of carboxylic acid groups (broad SMARTS) is 2. The van der Waals surface area contributed by atoms with Gasteiger partial charge in [-0.2, -0.15) is 11.8 Å². The first-order valence-electron chi connectivity index (χ1n) is 17.9. The number of carbonyl (C=O) groups is 10. The summed E-state index contributed by atoms with van der Waals surface area (Å²) in [6, 6.07) is -11.5. The molecule has 0 saturated carbocycles. The highest BCUT2D eigenvalue weighted by atomic mass is 32.2. The summed E-state index contributed by atoms with van der Waals surface area (Å²) in [7, 11) is 0. The Morgan fingerprint density at radius 3 is 1.47 bits per heavy atom. The largest absolute Gasteiger partial charge is 0.481 e. The number of carbonyl (C=O) groups excluding carboxylic acids is 8. The van der Waals surface area contributed by atoms with E-state index in [0.717, 1.165) is 6.92 Å². The van der Waals surface area contributed by atoms with Gasteiger partial charge >= 0.3 is 11.9 Å². The molecule has 0 bridgehead atoms. The Morgan fingerprint density at radius 1 is 0.579 bits per heavy atom. The van der Waals surface area contributed by atoms with Gasteiger partial charge < -0.3 is 69.1 Å². The number of thioether (sulfide) groups is 1. The molecule has 0 aromatic rings. The molecule has 8 amide bonds. The highest BCUT2D eigenvalue weighted by Crippen LogP contribution is 2.08. The molecular weight excluding hydrogens is 778 g/mol. The number of hydrogen-bond acceptors (Lipinski definition) is 14. The number of aliphatic hydroxyl groups excluding tert-OH is 2. The van der Waals surface area contributed by atoms with Gasteiger partial charge in [-0.25, -0.2) is 4.79 Å². The summed E-state index contributed by atoms with van der Waals surface area (Å²) in [5, 5.41) is 54.3. The van der Waals surface area contributed by atoms with Gasteiger partial charge in [0.05, 0.1) is 18.8 Å². The number of hydrogen-bond donors (Lipinski definition) is 13. The van der Waals surface area contributed by atoms with Crippen LogP contribution < -0.4 is 48.7 Å². The molecule has 0 aliphatic heterocycles. The zero-order chi connectivity index (χ0) is 44.2. The fourth-order valence-corrected chi connectivity index (χ4v) is 5.21. The minimum atomic E-state index is -1.73. The summed E-state index contributed by atoms with van der Waals surface area (Å²) in [4.78, 5) is 125. The third-order valence-corrected chi connectivity index (χ3v) is 8.75. The predicted molar refractivity (Wildman–Crippen MR) is 202 cm³/mol. The molecule has 0 saturated heterocycles. The highest BCUT2D eigenvalue weighted by molar-refractivity contribution is 7.98. The lowest BCUT2D eigenvalue weighted by Gasteiger charge is -2.28. The van der Waals surface area contributed by atoms with E-state index >= 15 is 0 Å². The van der Waals surface area contributed by atoms with Crippen molar-refractivity contribution in [2.24, 2.45) is 17.4 Å². The standard InChI is InChI=1S/C33H57N9O14S/c1-14(2)24(32(54)42-25(17(5)44)33(55)56)41-30(52)18(7-9-22(35)45)39-31(53)21(13-43)40-29(51)20(11-12-57-6)38-27(49)16(4)36-28(50)19(8-10-23(46)47)37-26(48)15(3)34/h14-21,24-25,43-44H,7-13,34H2,1-6H3,(H2,35,45)(H,36,50)(H,37,48)(H,38,49)(H,39,53)(H,40,51)(H,41,52)(H,42,54)(H,46,47)(H,55,56)/t15-,16-,17+,18-,19-,20-,21-,24-,25-/m0/s1. The Morgan fingerprint density at radius 2 is 1.02 bits per heavy atom. The van der Waals surface area contributed by atoms with Gasteiger partial charge in [0.15, 0.2) is 6.04 Å². The van der Waals surface area contributed by atoms with Crippen LogP contribution in [-0.2, 0) is 47.9 Å². The number of rotatable bonds is 27. The molecule has 0 rings (SSSR count). The Bertz CT molecular complexity index is 1450. The van der Waals surface area contributed by atoms with Gasteiger partial charge in [-0.15, -0.1) is 0 Å². The second kappa shape index (κ2) is 26.0. The van der Waals surface area contributed by atoms with Crippen LogP contribution in [0.15, 0.2) is 0 Å². The van der Waals surface area contributed by atoms with Gasteiger partial charge in [0.1, 0.15) is 36.3 Å². The Kier molecular flexibility index (Phi) is 23.7. The SMILES string of the molecule is CSCC[C@H](NC(=O)[C@H](C)NC(=O)[C@H](CCC(=O)O)NC(=O)[C@H](C)N)C(=O)N[C@@H](CO)C(=O)N[C@@H](CCC(N)=O)C(=O)N[C@H](C(=O)N[C@H](C(=O)O)[C@@H](C)O)C(C)C. The third-order valence-electron chi connectivity index (χ3n) is 8.11. The second-order valence-corrected chi connectivity index (χ2v) is 14.4. The van der Waals surface area contributed by atoms with Crippen molar-refractivity contribution in [2.75, 3.05) is 18.6 Å². The number of nitrogens with two attached hydrogens (primary N) is 2. The maximum absolute atomic E-state index is 13.4. The van der Waals surface area contributed by atoms with Crippen molar-refractivity contribution in [3.63, 3.8) is 0 Å². The fraction of sp³-hybridized carbons (Fsp3) is 0.697. The van der Waals surface area contributed by atoms with E-state index in [1.807, 2.05) is 0 Å². The van der Waals surface area contributed by atoms with Crippen molar-refractivity contribution < 1.29 is 68.4 Å². The molecule has 0 aliphatic rings. The molecule has 0 unspecified atom stereocenters. The van der Waals surface area contributed by atoms with E-state index in [9.17, 15) is 63.3 Å². The van der Waals surface area contributed by atoms with Crippen LogP contribution in [0.2, 0.25) is 0 Å². The van der Waals surface area contributed by atoms with Crippen molar-refractivity contribution in [3.8, 4) is 0 Å². The molecule has 0 aliphatic carbocycles. The number of carboxylic acids is 2. The predicted octanol–water partition coefficient (Wildman–Crippen LogP) is -5.26. The smallest absolute Gasteiger partial charge is 0.328 e. The molecule has 0 fully saturated rings. The van der Waals surface area contributed by atoms with E-state index < -0.39 is 145 Å². The average molecular weight is 836 g/mol. The van der Waals surface area contributed by atoms with Crippen LogP contribution >= 0.6 is 11.8 Å². The van der Waals surface area contributed by atoms with Crippen LogP contribution in [0.1, 0.15) is 66.7 Å². The number of aliphatic hydroxyl groups is 2. The second-order valence-electron chi connectivity index (χ2n) is 13.5. The lowest BCUT2D eigenvalue weighted by molar-refractivity contribution is -0.145. The lowest BCUT2D eigenvalue weighted by Crippen LogP contribution is -2.61. The Labute approximate surface area is 333 Å². The Hall–Kier alpha value is -5.07. The lowest BCUT2D eigenvalue weighted by atomic mass is 10.0. The molecule has 0 heterocycles. The molecule has 9 atom stereocenters. The van der Waals surface area contributed by atoms with E-state index in [4.69, 9.17) is 16.6 Å². The van der Waals surface area contributed by atoms with Crippen molar-refractivity contribution in [2.45, 2.75) is 121 Å². The molecule has 0 radical (unpaired) electrons. The molecule has 24 heteroatoms. The molecule has 0 spiro atoms. The molecule has 23 nitrogen and oxygen atoms in total. The van der Waals surface area contributed by atoms with Gasteiger partial charge in [0.2, 0.25) is 47.3 Å². The van der Waals surface area contributed by atoms with Crippen LogP contribution in [0.4, 0.5) is 0 Å². The first kappa shape index (κ1) is 51.9. The van der Waals surface area contributed by atoms with E-state index in [-0.39, 0.29) is 12.8 Å². The van der Waals surface area contributed by atoms with Crippen molar-refractivity contribution in [1.29, 1.82) is 0 Å². The monoisotopic (exact) mass is 835 g/mol. The number of amides is 8. The van der Waals surface area contributed by atoms with Crippen LogP contribution in [0.3, 0.4) is 0 Å². The number of nitrogens with one attached hydrogen (secondary N) is 7. The molecule has 0 aromatic heterocycles. The summed E-state index contributed by atoms with van der Waals surface area (Å²) in [6.45, 7) is 5.74. The topological polar surface area (TPSA) is 388 Å². The summed E-state index contributed by atoms with van der Waals surface area (Å²) in [6.07, 6.45) is -1.47. The average Bonchev–Trinajstić information content (AvgIpc) is 3.11. The van der Waals surface area contributed by atoms with Crippen molar-refractivity contribution in [3.05, 3.63) is 0 Å². The summed E-state index contributed by atoms with van der Waals surface area (Å²) >= 11 is 1.30. The molecule has 15 N–H and O–H groups in total. The van der Waals surface area contributed by atoms with Crippen LogP contribution in [0.5, 0.6) is 0 Å². The first-order chi connectivity index (χ1) is 26.5. The van der Waals surface area contributed by atoms with Gasteiger partial charge in [-0.3, -0.25) is 43.2 Å². The summed E-state index contributed by atoms with van der Waals surface area (Å²) < 4.78 is 0. The molecule has 324 valence electrons. The van der Waals surface area contributed by atoms with Gasteiger partial charge in [0, 0.05) is 12.8 Å². The normalized spacial score (nSPS) is 15.8. The molecule has 0 aromatic carbocycles. The zero-order valence-electron chi connectivity index (χ0n) is 32.7. The third kappa shape index (κ3) is 19.6. The van der Waals surface area contributed by atoms with Crippen LogP contribution in [0, 0.1) is 5.92 Å². The van der Waals surface area contributed by atoms with E-state index in [1.165, 1.54) is 39.5 Å². The zero-order valence-corrected chi connectivity index (χ0v) is 33.5. The minimum absolute atomic E-state index is 0.00898. The maximum Gasteiger partial charge on any atom is 0.328 e. The van der Waals surface area contributed by atoms with Gasteiger partial charge in [-0.1, -0.05) is 13.8 Å². The Balaban J connectivity index is 6.02. The summed E-state index contributed by atoms with van der Waals surface area (Å²) in [5.41, 5.74) is 10.8. The van der Waals surface area contributed by atoms with E-state index in [1.54, 1.807) is 6.26 Å². The maximum atomic E-state index is 13.4. The van der Waals surface area contributed by atoms with Crippen LogP contribution in [-0.4, -0.2) is 153 Å². The van der Waals surface area contributed by atoms with E-state index in [0.29, 0.717) is 5.75 Å². The van der Waals surface area contributed by atoms with Crippen LogP contribution in [0.25, 0.3) is 0 Å². The van der Waals surface area contributed by atoms with Crippen molar-refractivity contribution in [1.82, 2.24) is 37.2 Å². The number of aliphatic carboxylic acids is 2. The fourth-order valence-electron chi connectivity index (χ4n) is 4.74. The quantitative estimate of drug-likeness (QED) is 0.0368. The summed E-state index contributed by atoms with van der Waals surface area (Å²) in [5.74, 6) is -10.6. The minimum Gasteiger partial charge on any atom is -0.481 e. The van der Waals surface area contributed by atoms with E-state index in [2.05, 4.69) is 37.2 Å².